The van der Waals surface area contributed by atoms with Crippen LogP contribution in [0.1, 0.15) is 10.4 Å². The van der Waals surface area contributed by atoms with E-state index in [0.29, 0.717) is 33.5 Å². The van der Waals surface area contributed by atoms with Crippen molar-refractivity contribution in [1.29, 1.82) is 0 Å². The third-order valence-corrected chi connectivity index (χ3v) is 5.11. The van der Waals surface area contributed by atoms with Gasteiger partial charge in [-0.3, -0.25) is 9.59 Å². The van der Waals surface area contributed by atoms with Gasteiger partial charge < -0.3 is 14.8 Å². The van der Waals surface area contributed by atoms with Crippen molar-refractivity contribution in [1.82, 2.24) is 9.78 Å². The molecule has 0 unspecified atom stereocenters. The second kappa shape index (κ2) is 9.35. The maximum atomic E-state index is 13.0. The molecule has 0 aliphatic rings. The first-order valence-corrected chi connectivity index (χ1v) is 10.1. The summed E-state index contributed by atoms with van der Waals surface area (Å²) in [6.07, 6.45) is 0. The van der Waals surface area contributed by atoms with Crippen LogP contribution in [0.2, 0.25) is 0 Å². The van der Waals surface area contributed by atoms with Crippen LogP contribution in [-0.4, -0.2) is 35.9 Å². The van der Waals surface area contributed by atoms with Gasteiger partial charge in [-0.25, -0.2) is 9.48 Å². The molecule has 1 aromatic heterocycles. The molecule has 0 aliphatic carbocycles. The smallest absolute Gasteiger partial charge is 0.337 e. The molecule has 1 N–H and O–H groups in total. The van der Waals surface area contributed by atoms with E-state index >= 15 is 0 Å². The molecule has 33 heavy (non-hydrogen) atoms. The van der Waals surface area contributed by atoms with Gasteiger partial charge in [0.1, 0.15) is 12.3 Å². The van der Waals surface area contributed by atoms with Crippen LogP contribution in [0.5, 0.6) is 5.75 Å². The molecule has 0 saturated carbocycles. The highest BCUT2D eigenvalue weighted by molar-refractivity contribution is 5.95. The van der Waals surface area contributed by atoms with E-state index < -0.39 is 11.9 Å². The van der Waals surface area contributed by atoms with Gasteiger partial charge in [0.15, 0.2) is 0 Å². The Morgan fingerprint density at radius 1 is 0.909 bits per heavy atom. The molecular formula is C25H21N3O5. The monoisotopic (exact) mass is 443 g/mol. The number of carbonyl (C=O) groups excluding carboxylic acids is 2. The number of rotatable bonds is 6. The predicted octanol–water partition coefficient (Wildman–Crippen LogP) is 3.50. The number of aromatic nitrogens is 2. The Morgan fingerprint density at radius 3 is 2.21 bits per heavy atom. The zero-order valence-electron chi connectivity index (χ0n) is 18.1. The summed E-state index contributed by atoms with van der Waals surface area (Å²) in [5.74, 6) is -0.189. The number of esters is 1. The molecule has 8 heteroatoms. The highest BCUT2D eigenvalue weighted by Gasteiger charge is 2.15. The number of nitrogens with zero attached hydrogens (tertiary/aromatic N) is 2. The second-order valence-electron chi connectivity index (χ2n) is 7.20. The summed E-state index contributed by atoms with van der Waals surface area (Å²) in [6, 6.07) is 20.7. The number of methoxy groups -OCH3 is 2. The Bertz CT molecular complexity index is 1380. The summed E-state index contributed by atoms with van der Waals surface area (Å²) in [6.45, 7) is -0.272. The normalized spacial score (nSPS) is 10.6. The van der Waals surface area contributed by atoms with Crippen molar-refractivity contribution in [3.63, 3.8) is 0 Å². The van der Waals surface area contributed by atoms with E-state index in [4.69, 9.17) is 4.74 Å². The number of ether oxygens (including phenoxy) is 2. The standard InChI is InChI=1S/C25H21N3O5/c1-32-19-13-9-16(10-14-19)23-20-5-3-4-6-21(20)24(30)28(27-23)15-22(29)26-18-11-7-17(8-12-18)25(31)33-2/h3-14H,15H2,1-2H3,(H,26,29). The fraction of sp³-hybridized carbons (Fsp3) is 0.120. The van der Waals surface area contributed by atoms with Crippen LogP contribution in [0.25, 0.3) is 22.0 Å². The molecule has 1 heterocycles. The van der Waals surface area contributed by atoms with Crippen LogP contribution in [0.4, 0.5) is 5.69 Å². The number of nitrogens with one attached hydrogen (secondary N) is 1. The molecule has 166 valence electrons. The van der Waals surface area contributed by atoms with Gasteiger partial charge in [-0.1, -0.05) is 18.2 Å². The lowest BCUT2D eigenvalue weighted by Gasteiger charge is -2.12. The first-order chi connectivity index (χ1) is 16.0. The molecule has 0 radical (unpaired) electrons. The summed E-state index contributed by atoms with van der Waals surface area (Å²) >= 11 is 0. The van der Waals surface area contributed by atoms with Gasteiger partial charge in [0, 0.05) is 16.6 Å². The number of benzene rings is 3. The molecule has 0 bridgehead atoms. The molecule has 4 aromatic rings. The molecule has 0 aliphatic heterocycles. The zero-order valence-corrected chi connectivity index (χ0v) is 18.1. The molecule has 8 nitrogen and oxygen atoms in total. The summed E-state index contributed by atoms with van der Waals surface area (Å²) < 4.78 is 11.0. The minimum absolute atomic E-state index is 0.272. The van der Waals surface area contributed by atoms with Gasteiger partial charge in [0.05, 0.1) is 30.9 Å². The van der Waals surface area contributed by atoms with Crippen LogP contribution in [0, 0.1) is 0 Å². The highest BCUT2D eigenvalue weighted by Crippen LogP contribution is 2.26. The topological polar surface area (TPSA) is 99.5 Å². The van der Waals surface area contributed by atoms with Crippen LogP contribution < -0.4 is 15.6 Å². The van der Waals surface area contributed by atoms with Crippen LogP contribution in [-0.2, 0) is 16.1 Å². The lowest BCUT2D eigenvalue weighted by molar-refractivity contribution is -0.117. The Kier molecular flexibility index (Phi) is 6.17. The Hall–Kier alpha value is -4.46. The average Bonchev–Trinajstić information content (AvgIpc) is 2.86. The van der Waals surface area contributed by atoms with Crippen molar-refractivity contribution < 1.29 is 19.1 Å². The van der Waals surface area contributed by atoms with Crippen molar-refractivity contribution in [2.75, 3.05) is 19.5 Å². The third-order valence-electron chi connectivity index (χ3n) is 5.11. The predicted molar refractivity (Wildman–Crippen MR) is 124 cm³/mol. The SMILES string of the molecule is COC(=O)c1ccc(NC(=O)Cn2nc(-c3ccc(OC)cc3)c3ccccc3c2=O)cc1. The van der Waals surface area contributed by atoms with Crippen molar-refractivity contribution >= 4 is 28.3 Å². The maximum absolute atomic E-state index is 13.0. The molecule has 0 spiro atoms. The molecule has 4 rings (SSSR count). The van der Waals surface area contributed by atoms with Gasteiger partial charge in [0.2, 0.25) is 5.91 Å². The molecule has 0 saturated heterocycles. The lowest BCUT2D eigenvalue weighted by Crippen LogP contribution is -2.30. The van der Waals surface area contributed by atoms with Crippen LogP contribution in [0.15, 0.2) is 77.6 Å². The average molecular weight is 443 g/mol. The van der Waals surface area contributed by atoms with E-state index in [1.165, 1.54) is 7.11 Å². The Balaban J connectivity index is 1.64. The molecule has 0 fully saturated rings. The summed E-state index contributed by atoms with van der Waals surface area (Å²) in [5, 5.41) is 8.38. The number of anilines is 1. The fourth-order valence-electron chi connectivity index (χ4n) is 3.45. The van der Waals surface area contributed by atoms with Crippen molar-refractivity contribution in [2.24, 2.45) is 0 Å². The van der Waals surface area contributed by atoms with E-state index in [1.54, 1.807) is 43.5 Å². The molecule has 3 aromatic carbocycles. The van der Waals surface area contributed by atoms with E-state index in [-0.39, 0.29) is 12.1 Å². The fourth-order valence-corrected chi connectivity index (χ4v) is 3.45. The van der Waals surface area contributed by atoms with Gasteiger partial charge >= 0.3 is 5.97 Å². The molecular weight excluding hydrogens is 422 g/mol. The summed E-state index contributed by atoms with van der Waals surface area (Å²) in [7, 11) is 2.89. The maximum Gasteiger partial charge on any atom is 0.337 e. The number of carbonyl (C=O) groups is 2. The van der Waals surface area contributed by atoms with Crippen molar-refractivity contribution in [3.05, 3.63) is 88.7 Å². The largest absolute Gasteiger partial charge is 0.497 e. The van der Waals surface area contributed by atoms with Gasteiger partial charge in [-0.2, -0.15) is 5.10 Å². The van der Waals surface area contributed by atoms with Crippen molar-refractivity contribution in [3.8, 4) is 17.0 Å². The zero-order chi connectivity index (χ0) is 23.4. The minimum Gasteiger partial charge on any atom is -0.497 e. The van der Waals surface area contributed by atoms with E-state index in [2.05, 4.69) is 15.2 Å². The van der Waals surface area contributed by atoms with Crippen molar-refractivity contribution in [2.45, 2.75) is 6.54 Å². The lowest BCUT2D eigenvalue weighted by atomic mass is 10.0. The van der Waals surface area contributed by atoms with E-state index in [9.17, 15) is 14.4 Å². The second-order valence-corrected chi connectivity index (χ2v) is 7.20. The quantitative estimate of drug-likeness (QED) is 0.458. The number of hydrogen-bond acceptors (Lipinski definition) is 6. The first kappa shape index (κ1) is 21.8. The minimum atomic E-state index is -0.467. The summed E-state index contributed by atoms with van der Waals surface area (Å²) in [4.78, 5) is 37.2. The Labute approximate surface area is 189 Å². The first-order valence-electron chi connectivity index (χ1n) is 10.1. The van der Waals surface area contributed by atoms with Crippen LogP contribution in [0.3, 0.4) is 0 Å². The number of fused-ring (bicyclic) bond motifs is 1. The summed E-state index contributed by atoms with van der Waals surface area (Å²) in [5.41, 5.74) is 1.87. The molecule has 1 amide bonds. The number of hydrogen-bond donors (Lipinski definition) is 1. The van der Waals surface area contributed by atoms with Crippen LogP contribution >= 0.6 is 0 Å². The highest BCUT2D eigenvalue weighted by atomic mass is 16.5. The Morgan fingerprint density at radius 2 is 1.58 bits per heavy atom. The van der Waals surface area contributed by atoms with Gasteiger partial charge in [-0.15, -0.1) is 0 Å². The van der Waals surface area contributed by atoms with E-state index in [1.807, 2.05) is 36.4 Å². The third kappa shape index (κ3) is 4.59. The number of amides is 1. The molecule has 0 atom stereocenters. The van der Waals surface area contributed by atoms with E-state index in [0.717, 1.165) is 10.2 Å². The van der Waals surface area contributed by atoms with Gasteiger partial charge in [-0.05, 0) is 54.6 Å². The van der Waals surface area contributed by atoms with Gasteiger partial charge in [0.25, 0.3) is 5.56 Å².